The first-order chi connectivity index (χ1) is 14.7. The second-order valence-electron chi connectivity index (χ2n) is 8.15. The molecule has 11 heteroatoms. The van der Waals surface area contributed by atoms with Crippen LogP contribution in [0.25, 0.3) is 0 Å². The van der Waals surface area contributed by atoms with Gasteiger partial charge in [0.25, 0.3) is 5.91 Å². The maximum atomic E-state index is 13.5. The van der Waals surface area contributed by atoms with Crippen molar-refractivity contribution in [2.75, 3.05) is 6.61 Å². The Morgan fingerprint density at radius 1 is 1.29 bits per heavy atom. The van der Waals surface area contributed by atoms with Gasteiger partial charge in [-0.2, -0.15) is 0 Å². The predicted molar refractivity (Wildman–Crippen MR) is 106 cm³/mol. The molecule has 1 unspecified atom stereocenters. The Hall–Kier alpha value is -2.72. The highest BCUT2D eigenvalue weighted by Crippen LogP contribution is 2.47. The standard InChI is InChI=1S/C20H22ClFN4O5/c1-11-25-26-18(31-11)17(29)24-19-4-6-20(7-5-19,15(27)9-19)23-16(28)10-30-12-2-3-13(21)14(22)8-12/h2-3,8,15,27H,4-7,9-10H2,1H3,(H,23,28)(H,24,29). The maximum absolute atomic E-state index is 13.5. The number of benzene rings is 1. The van der Waals surface area contributed by atoms with Gasteiger partial charge in [0.15, 0.2) is 6.61 Å². The molecule has 1 heterocycles. The SMILES string of the molecule is Cc1nnc(C(=O)NC23CCC(NC(=O)COc4ccc(Cl)c(F)c4)(CC2)C(O)C3)o1. The molecule has 3 aliphatic rings. The number of hydrogen-bond acceptors (Lipinski definition) is 7. The van der Waals surface area contributed by atoms with Crippen molar-refractivity contribution in [1.82, 2.24) is 20.8 Å². The zero-order valence-corrected chi connectivity index (χ0v) is 17.5. The van der Waals surface area contributed by atoms with Gasteiger partial charge in [0, 0.05) is 18.5 Å². The molecule has 166 valence electrons. The van der Waals surface area contributed by atoms with Crippen molar-refractivity contribution in [1.29, 1.82) is 0 Å². The first kappa shape index (κ1) is 21.5. The van der Waals surface area contributed by atoms with Gasteiger partial charge in [0.1, 0.15) is 11.6 Å². The van der Waals surface area contributed by atoms with Crippen LogP contribution in [0.5, 0.6) is 5.75 Å². The zero-order chi connectivity index (χ0) is 22.2. The number of hydrogen-bond donors (Lipinski definition) is 3. The highest BCUT2D eigenvalue weighted by Gasteiger charge is 2.55. The van der Waals surface area contributed by atoms with Crippen molar-refractivity contribution in [2.24, 2.45) is 0 Å². The smallest absolute Gasteiger partial charge is 0.309 e. The summed E-state index contributed by atoms with van der Waals surface area (Å²) >= 11 is 5.63. The quantitative estimate of drug-likeness (QED) is 0.611. The Bertz CT molecular complexity index is 1010. The Morgan fingerprint density at radius 2 is 2.03 bits per heavy atom. The van der Waals surface area contributed by atoms with Gasteiger partial charge in [-0.3, -0.25) is 9.59 Å². The molecule has 3 aliphatic carbocycles. The lowest BCUT2D eigenvalue weighted by Gasteiger charge is -2.56. The van der Waals surface area contributed by atoms with Crippen molar-refractivity contribution < 1.29 is 28.2 Å². The molecule has 1 atom stereocenters. The summed E-state index contributed by atoms with van der Waals surface area (Å²) in [7, 11) is 0. The van der Waals surface area contributed by atoms with E-state index in [0.29, 0.717) is 31.6 Å². The van der Waals surface area contributed by atoms with Crippen LogP contribution >= 0.6 is 11.6 Å². The molecule has 1 aromatic carbocycles. The fourth-order valence-electron chi connectivity index (χ4n) is 4.37. The summed E-state index contributed by atoms with van der Waals surface area (Å²) in [6.45, 7) is 1.27. The highest BCUT2D eigenvalue weighted by molar-refractivity contribution is 6.30. The second-order valence-corrected chi connectivity index (χ2v) is 8.56. The number of aromatic nitrogens is 2. The van der Waals surface area contributed by atoms with Gasteiger partial charge >= 0.3 is 11.8 Å². The summed E-state index contributed by atoms with van der Waals surface area (Å²) in [4.78, 5) is 24.9. The average Bonchev–Trinajstić information content (AvgIpc) is 3.17. The molecule has 3 saturated carbocycles. The average molecular weight is 453 g/mol. The first-order valence-corrected chi connectivity index (χ1v) is 10.3. The van der Waals surface area contributed by atoms with E-state index in [1.165, 1.54) is 12.1 Å². The summed E-state index contributed by atoms with van der Waals surface area (Å²) in [5, 5.41) is 23.9. The van der Waals surface area contributed by atoms with E-state index in [1.807, 2.05) is 0 Å². The van der Waals surface area contributed by atoms with Crippen LogP contribution in [-0.4, -0.2) is 50.9 Å². The molecule has 3 fully saturated rings. The van der Waals surface area contributed by atoms with E-state index in [4.69, 9.17) is 20.8 Å². The fourth-order valence-corrected chi connectivity index (χ4v) is 4.49. The van der Waals surface area contributed by atoms with E-state index in [0.717, 1.165) is 6.07 Å². The largest absolute Gasteiger partial charge is 0.484 e. The summed E-state index contributed by atoms with van der Waals surface area (Å²) < 4.78 is 24.0. The number of ether oxygens (including phenoxy) is 1. The number of nitrogens with zero attached hydrogens (tertiary/aromatic N) is 2. The summed E-state index contributed by atoms with van der Waals surface area (Å²) in [5.41, 5.74) is -1.39. The molecule has 31 heavy (non-hydrogen) atoms. The van der Waals surface area contributed by atoms with Crippen LogP contribution in [0.1, 0.15) is 48.7 Å². The van der Waals surface area contributed by atoms with Crippen molar-refractivity contribution in [3.8, 4) is 5.75 Å². The van der Waals surface area contributed by atoms with Crippen LogP contribution < -0.4 is 15.4 Å². The van der Waals surface area contributed by atoms with Crippen LogP contribution in [0.4, 0.5) is 4.39 Å². The molecular weight excluding hydrogens is 431 g/mol. The number of halogens is 2. The number of nitrogens with one attached hydrogen (secondary N) is 2. The van der Waals surface area contributed by atoms with Crippen LogP contribution in [-0.2, 0) is 4.79 Å². The monoisotopic (exact) mass is 452 g/mol. The lowest BCUT2D eigenvalue weighted by atomic mass is 9.60. The molecule has 2 amide bonds. The minimum atomic E-state index is -0.850. The van der Waals surface area contributed by atoms with Crippen molar-refractivity contribution in [3.63, 3.8) is 0 Å². The number of aliphatic hydroxyl groups excluding tert-OH is 1. The molecule has 2 bridgehead atoms. The third-order valence-electron chi connectivity index (χ3n) is 6.07. The van der Waals surface area contributed by atoms with Crippen molar-refractivity contribution in [2.45, 2.75) is 56.2 Å². The third kappa shape index (κ3) is 4.35. The molecule has 9 nitrogen and oxygen atoms in total. The van der Waals surface area contributed by atoms with E-state index >= 15 is 0 Å². The van der Waals surface area contributed by atoms with E-state index in [9.17, 15) is 19.1 Å². The number of aryl methyl sites for hydroxylation is 1. The molecule has 2 aromatic rings. The number of amides is 2. The minimum Gasteiger partial charge on any atom is -0.484 e. The van der Waals surface area contributed by atoms with Gasteiger partial charge in [0.2, 0.25) is 5.89 Å². The van der Waals surface area contributed by atoms with E-state index < -0.39 is 34.8 Å². The molecule has 5 rings (SSSR count). The van der Waals surface area contributed by atoms with E-state index in [1.54, 1.807) is 6.92 Å². The number of fused-ring (bicyclic) bond motifs is 3. The predicted octanol–water partition coefficient (Wildman–Crippen LogP) is 1.91. The molecule has 0 spiro atoms. The molecule has 3 N–H and O–H groups in total. The fraction of sp³-hybridized carbons (Fsp3) is 0.500. The lowest BCUT2D eigenvalue weighted by Crippen LogP contribution is -2.70. The Balaban J connectivity index is 1.34. The van der Waals surface area contributed by atoms with Crippen LogP contribution in [0, 0.1) is 12.7 Å². The normalized spacial score (nSPS) is 27.0. The van der Waals surface area contributed by atoms with Crippen LogP contribution in [0.2, 0.25) is 5.02 Å². The van der Waals surface area contributed by atoms with Gasteiger partial charge in [-0.25, -0.2) is 4.39 Å². The number of carbonyl (C=O) groups is 2. The maximum Gasteiger partial charge on any atom is 0.309 e. The van der Waals surface area contributed by atoms with Gasteiger partial charge in [-0.1, -0.05) is 11.6 Å². The summed E-state index contributed by atoms with van der Waals surface area (Å²) in [6, 6.07) is 3.92. The van der Waals surface area contributed by atoms with Gasteiger partial charge in [-0.15, -0.1) is 10.2 Å². The Labute approximate surface area is 182 Å². The van der Waals surface area contributed by atoms with E-state index in [-0.39, 0.29) is 29.7 Å². The first-order valence-electron chi connectivity index (χ1n) is 9.90. The summed E-state index contributed by atoms with van der Waals surface area (Å²) in [6.07, 6.45) is 1.56. The number of rotatable bonds is 6. The molecule has 0 aliphatic heterocycles. The van der Waals surface area contributed by atoms with Crippen molar-refractivity contribution in [3.05, 3.63) is 40.8 Å². The highest BCUT2D eigenvalue weighted by atomic mass is 35.5. The van der Waals surface area contributed by atoms with Crippen LogP contribution in [0.3, 0.4) is 0 Å². The summed E-state index contributed by atoms with van der Waals surface area (Å²) in [5.74, 6) is -1.18. The van der Waals surface area contributed by atoms with Gasteiger partial charge in [0.05, 0.1) is 16.7 Å². The third-order valence-corrected chi connectivity index (χ3v) is 6.38. The molecule has 1 aromatic heterocycles. The molecule has 0 radical (unpaired) electrons. The van der Waals surface area contributed by atoms with E-state index in [2.05, 4.69) is 20.8 Å². The molecule has 0 saturated heterocycles. The second kappa shape index (κ2) is 8.08. The van der Waals surface area contributed by atoms with Gasteiger partial charge < -0.3 is 24.9 Å². The Morgan fingerprint density at radius 3 is 2.65 bits per heavy atom. The lowest BCUT2D eigenvalue weighted by molar-refractivity contribution is -0.132. The number of aliphatic hydroxyl groups is 1. The number of carbonyl (C=O) groups excluding carboxylic acids is 2. The van der Waals surface area contributed by atoms with Crippen molar-refractivity contribution >= 4 is 23.4 Å². The van der Waals surface area contributed by atoms with Gasteiger partial charge in [-0.05, 0) is 44.2 Å². The minimum absolute atomic E-state index is 0.0342. The zero-order valence-electron chi connectivity index (χ0n) is 16.8. The topological polar surface area (TPSA) is 127 Å². The molecular formula is C20H22ClFN4O5. The van der Waals surface area contributed by atoms with Crippen LogP contribution in [0.15, 0.2) is 22.6 Å². The Kier molecular flexibility index (Phi) is 5.61.